The van der Waals surface area contributed by atoms with Gasteiger partial charge in [-0.25, -0.2) is 0 Å². The van der Waals surface area contributed by atoms with Gasteiger partial charge in [0.1, 0.15) is 6.61 Å². The molecule has 9 heteroatoms. The van der Waals surface area contributed by atoms with Crippen LogP contribution in [-0.2, 0) is 23.7 Å². The summed E-state index contributed by atoms with van der Waals surface area (Å²) < 4.78 is 30.2. The van der Waals surface area contributed by atoms with Crippen LogP contribution in [-0.4, -0.2) is 131 Å². The first-order chi connectivity index (χ1) is 16.2. The van der Waals surface area contributed by atoms with Gasteiger partial charge in [-0.15, -0.1) is 0 Å². The average Bonchev–Trinajstić information content (AvgIpc) is 2.85. The summed E-state index contributed by atoms with van der Waals surface area (Å²) in [6, 6.07) is 9.44. The zero-order valence-electron chi connectivity index (χ0n) is 19.2. The van der Waals surface area contributed by atoms with Crippen molar-refractivity contribution in [1.82, 2.24) is 14.7 Å². The summed E-state index contributed by atoms with van der Waals surface area (Å²) in [6.07, 6.45) is -0.261. The Hall–Kier alpha value is -1.59. The maximum Gasteiger partial charge on any atom is 0.254 e. The Kier molecular flexibility index (Phi) is 7.56. The summed E-state index contributed by atoms with van der Waals surface area (Å²) in [5.74, 6) is -0.946. The average molecular weight is 462 g/mol. The van der Waals surface area contributed by atoms with Crippen LogP contribution in [0.1, 0.15) is 10.4 Å². The van der Waals surface area contributed by atoms with Crippen molar-refractivity contribution >= 4 is 5.91 Å². The summed E-state index contributed by atoms with van der Waals surface area (Å²) in [6.45, 7) is 9.74. The lowest BCUT2D eigenvalue weighted by atomic mass is 10.1. The first kappa shape index (κ1) is 23.2. The Morgan fingerprint density at radius 2 is 1.45 bits per heavy atom. The van der Waals surface area contributed by atoms with Crippen molar-refractivity contribution in [3.63, 3.8) is 0 Å². The third kappa shape index (κ3) is 5.92. The van der Waals surface area contributed by atoms with E-state index in [1.807, 2.05) is 35.2 Å². The molecule has 3 atom stereocenters. The lowest BCUT2D eigenvalue weighted by Gasteiger charge is -2.50. The van der Waals surface area contributed by atoms with Gasteiger partial charge in [-0.05, 0) is 12.1 Å². The van der Waals surface area contributed by atoms with Crippen molar-refractivity contribution in [2.24, 2.45) is 0 Å². The second-order valence-electron chi connectivity index (χ2n) is 9.28. The van der Waals surface area contributed by atoms with Gasteiger partial charge < -0.3 is 28.6 Å². The molecule has 1 spiro atoms. The normalized spacial score (nSPS) is 32.2. The summed E-state index contributed by atoms with van der Waals surface area (Å²) in [5, 5.41) is 0. The standard InChI is InChI=1S/C24H35N3O6/c28-23(20-4-2-1-3-5-20)27-16-21(14-25-6-10-29-11-7-25)32-24(18-27)19-31-17-22(33-24)15-26-8-12-30-13-9-26/h1-5,21-22H,6-19H2/t21-,22-,24?/m1/s1. The van der Waals surface area contributed by atoms with Crippen LogP contribution in [0.2, 0.25) is 0 Å². The van der Waals surface area contributed by atoms with Crippen LogP contribution in [0, 0.1) is 0 Å². The fourth-order valence-electron chi connectivity index (χ4n) is 5.09. The van der Waals surface area contributed by atoms with E-state index < -0.39 is 5.79 Å². The maximum absolute atomic E-state index is 13.4. The van der Waals surface area contributed by atoms with Crippen LogP contribution in [0.15, 0.2) is 30.3 Å². The Morgan fingerprint density at radius 1 is 0.848 bits per heavy atom. The summed E-state index contributed by atoms with van der Waals surface area (Å²) in [5.41, 5.74) is 0.682. The molecule has 5 rings (SSSR count). The molecule has 0 N–H and O–H groups in total. The Morgan fingerprint density at radius 3 is 2.12 bits per heavy atom. The molecule has 4 aliphatic rings. The van der Waals surface area contributed by atoms with Crippen molar-refractivity contribution in [1.29, 1.82) is 0 Å². The molecule has 0 aliphatic carbocycles. The molecule has 182 valence electrons. The monoisotopic (exact) mass is 461 g/mol. The first-order valence-electron chi connectivity index (χ1n) is 12.1. The minimum absolute atomic E-state index is 0.00385. The van der Waals surface area contributed by atoms with Crippen molar-refractivity contribution in [3.05, 3.63) is 35.9 Å². The molecule has 0 radical (unpaired) electrons. The van der Waals surface area contributed by atoms with E-state index in [1.54, 1.807) is 0 Å². The number of amides is 1. The highest BCUT2D eigenvalue weighted by Crippen LogP contribution is 2.30. The molecule has 1 aromatic rings. The van der Waals surface area contributed by atoms with E-state index in [-0.39, 0.29) is 18.1 Å². The highest BCUT2D eigenvalue weighted by atomic mass is 16.7. The molecule has 1 aromatic carbocycles. The zero-order chi connectivity index (χ0) is 22.5. The third-order valence-corrected chi connectivity index (χ3v) is 6.68. The predicted molar refractivity (Wildman–Crippen MR) is 120 cm³/mol. The van der Waals surface area contributed by atoms with Crippen molar-refractivity contribution in [2.45, 2.75) is 18.0 Å². The second-order valence-corrected chi connectivity index (χ2v) is 9.28. The second kappa shape index (κ2) is 10.8. The van der Waals surface area contributed by atoms with Gasteiger partial charge in [0.05, 0.1) is 51.8 Å². The van der Waals surface area contributed by atoms with Crippen molar-refractivity contribution < 1.29 is 28.5 Å². The number of benzene rings is 1. The summed E-state index contributed by atoms with van der Waals surface area (Å²) in [7, 11) is 0. The Labute approximate surface area is 195 Å². The van der Waals surface area contributed by atoms with Crippen LogP contribution >= 0.6 is 0 Å². The quantitative estimate of drug-likeness (QED) is 0.620. The number of hydrogen-bond donors (Lipinski definition) is 0. The molecule has 9 nitrogen and oxygen atoms in total. The van der Waals surface area contributed by atoms with E-state index in [0.29, 0.717) is 31.9 Å². The van der Waals surface area contributed by atoms with Crippen LogP contribution < -0.4 is 0 Å². The van der Waals surface area contributed by atoms with Gasteiger partial charge in [-0.2, -0.15) is 0 Å². The lowest BCUT2D eigenvalue weighted by molar-refractivity contribution is -0.350. The molecule has 33 heavy (non-hydrogen) atoms. The Bertz CT molecular complexity index is 767. The molecule has 0 bridgehead atoms. The molecular weight excluding hydrogens is 426 g/mol. The molecule has 0 aromatic heterocycles. The molecule has 0 saturated carbocycles. The van der Waals surface area contributed by atoms with Crippen molar-refractivity contribution in [2.75, 3.05) is 92.0 Å². The molecule has 1 amide bonds. The summed E-state index contributed by atoms with van der Waals surface area (Å²) in [4.78, 5) is 19.9. The van der Waals surface area contributed by atoms with Gasteiger partial charge >= 0.3 is 0 Å². The van der Waals surface area contributed by atoms with Gasteiger partial charge in [-0.3, -0.25) is 14.6 Å². The largest absolute Gasteiger partial charge is 0.379 e. The fourth-order valence-corrected chi connectivity index (χ4v) is 5.09. The molecular formula is C24H35N3O6. The SMILES string of the molecule is O=C(c1ccccc1)N1C[C@@H](CN2CCOCC2)OC2(COC[C@@H](CN3CCOCC3)O2)C1. The highest BCUT2D eigenvalue weighted by molar-refractivity contribution is 5.94. The van der Waals surface area contributed by atoms with E-state index >= 15 is 0 Å². The number of nitrogens with zero attached hydrogens (tertiary/aromatic N) is 3. The van der Waals surface area contributed by atoms with Crippen LogP contribution in [0.5, 0.6) is 0 Å². The summed E-state index contributed by atoms with van der Waals surface area (Å²) >= 11 is 0. The number of ether oxygens (including phenoxy) is 5. The smallest absolute Gasteiger partial charge is 0.254 e. The number of rotatable bonds is 5. The minimum atomic E-state index is -0.950. The van der Waals surface area contributed by atoms with Gasteiger partial charge in [0.2, 0.25) is 5.79 Å². The first-order valence-corrected chi connectivity index (χ1v) is 12.1. The van der Waals surface area contributed by atoms with Gasteiger partial charge in [0, 0.05) is 51.4 Å². The maximum atomic E-state index is 13.4. The molecule has 4 saturated heterocycles. The lowest BCUT2D eigenvalue weighted by Crippen LogP contribution is -2.66. The van der Waals surface area contributed by atoms with Crippen LogP contribution in [0.3, 0.4) is 0 Å². The van der Waals surface area contributed by atoms with E-state index in [9.17, 15) is 4.79 Å². The van der Waals surface area contributed by atoms with E-state index in [0.717, 1.165) is 65.7 Å². The third-order valence-electron chi connectivity index (χ3n) is 6.68. The highest BCUT2D eigenvalue weighted by Gasteiger charge is 2.48. The molecule has 4 heterocycles. The van der Waals surface area contributed by atoms with Gasteiger partial charge in [0.25, 0.3) is 5.91 Å². The fraction of sp³-hybridized carbons (Fsp3) is 0.708. The van der Waals surface area contributed by atoms with Crippen molar-refractivity contribution in [3.8, 4) is 0 Å². The topological polar surface area (TPSA) is 72.9 Å². The van der Waals surface area contributed by atoms with E-state index in [4.69, 9.17) is 23.7 Å². The molecule has 4 aliphatic heterocycles. The van der Waals surface area contributed by atoms with E-state index in [1.165, 1.54) is 0 Å². The number of carbonyl (C=O) groups excluding carboxylic acids is 1. The van der Waals surface area contributed by atoms with Crippen LogP contribution in [0.4, 0.5) is 0 Å². The predicted octanol–water partition coefficient (Wildman–Crippen LogP) is 0.304. The molecule has 1 unspecified atom stereocenters. The van der Waals surface area contributed by atoms with E-state index in [2.05, 4.69) is 9.80 Å². The number of morpholine rings is 3. The minimum Gasteiger partial charge on any atom is -0.379 e. The van der Waals surface area contributed by atoms with Gasteiger partial charge in [-0.1, -0.05) is 18.2 Å². The van der Waals surface area contributed by atoms with Crippen LogP contribution in [0.25, 0.3) is 0 Å². The Balaban J connectivity index is 1.31. The zero-order valence-corrected chi connectivity index (χ0v) is 19.2. The number of carbonyl (C=O) groups is 1. The molecule has 4 fully saturated rings. The number of hydrogen-bond acceptors (Lipinski definition) is 8. The van der Waals surface area contributed by atoms with Gasteiger partial charge in [0.15, 0.2) is 0 Å².